The van der Waals surface area contributed by atoms with Gasteiger partial charge in [-0.2, -0.15) is 0 Å². The quantitative estimate of drug-likeness (QED) is 0.250. The van der Waals surface area contributed by atoms with Gasteiger partial charge in [-0.1, -0.05) is 53.8 Å². The Balaban J connectivity index is 1.47. The van der Waals surface area contributed by atoms with Gasteiger partial charge in [-0.05, 0) is 48.4 Å². The van der Waals surface area contributed by atoms with Crippen LogP contribution in [0.2, 0.25) is 5.02 Å². The standard InChI is InChI=1S/C23H20ClN3O5S2/c1-32-22(31)15-9-7-14(8-10-15)12-18-21(30)27(23(33)34-18)11-3-6-19(28)25-26-20(29)16-4-2-5-17(24)13-16/h2,4-5,7-10,12-13H,3,6,11H2,1H3,(H,25,28)(H,26,29). The van der Waals surface area contributed by atoms with E-state index in [0.717, 1.165) is 5.56 Å². The number of hydrogen-bond donors (Lipinski definition) is 2. The van der Waals surface area contributed by atoms with Gasteiger partial charge in [0.2, 0.25) is 5.91 Å². The SMILES string of the molecule is COC(=O)c1ccc(C=C2SC(=S)N(CCCC(=O)NNC(=O)c3cccc(Cl)c3)C2=O)cc1. The van der Waals surface area contributed by atoms with Crippen LogP contribution in [0.1, 0.15) is 39.1 Å². The molecular formula is C23H20ClN3O5S2. The topological polar surface area (TPSA) is 105 Å². The summed E-state index contributed by atoms with van der Waals surface area (Å²) in [6.07, 6.45) is 2.13. The fourth-order valence-corrected chi connectivity index (χ4v) is 4.46. The molecule has 2 aromatic rings. The van der Waals surface area contributed by atoms with Crippen molar-refractivity contribution in [2.24, 2.45) is 0 Å². The largest absolute Gasteiger partial charge is 0.465 e. The molecule has 0 bridgehead atoms. The number of rotatable bonds is 7. The third-order valence-corrected chi connectivity index (χ3v) is 6.30. The Bertz CT molecular complexity index is 1170. The van der Waals surface area contributed by atoms with E-state index in [-0.39, 0.29) is 18.9 Å². The minimum absolute atomic E-state index is 0.0842. The smallest absolute Gasteiger partial charge is 0.337 e. The molecule has 0 aromatic heterocycles. The van der Waals surface area contributed by atoms with Crippen LogP contribution in [0.15, 0.2) is 53.4 Å². The van der Waals surface area contributed by atoms with Gasteiger partial charge in [-0.25, -0.2) is 4.79 Å². The molecular weight excluding hydrogens is 498 g/mol. The Labute approximate surface area is 210 Å². The van der Waals surface area contributed by atoms with E-state index in [1.165, 1.54) is 29.8 Å². The summed E-state index contributed by atoms with van der Waals surface area (Å²) in [4.78, 5) is 50.2. The molecule has 0 spiro atoms. The number of nitrogens with zero attached hydrogens (tertiary/aromatic N) is 1. The Hall–Kier alpha value is -3.21. The zero-order valence-electron chi connectivity index (χ0n) is 18.0. The second-order valence-corrected chi connectivity index (χ2v) is 9.18. The number of nitrogens with one attached hydrogen (secondary N) is 2. The van der Waals surface area contributed by atoms with Crippen LogP contribution in [0.5, 0.6) is 0 Å². The Kier molecular flexibility index (Phi) is 8.80. The molecule has 0 atom stereocenters. The Morgan fingerprint density at radius 3 is 2.53 bits per heavy atom. The van der Waals surface area contributed by atoms with E-state index < -0.39 is 17.8 Å². The zero-order valence-corrected chi connectivity index (χ0v) is 20.4. The molecule has 3 rings (SSSR count). The number of methoxy groups -OCH3 is 1. The van der Waals surface area contributed by atoms with Crippen molar-refractivity contribution < 1.29 is 23.9 Å². The number of thioether (sulfide) groups is 1. The van der Waals surface area contributed by atoms with Gasteiger partial charge in [-0.15, -0.1) is 0 Å². The number of ether oxygens (including phenoxy) is 1. The predicted molar refractivity (Wildman–Crippen MR) is 134 cm³/mol. The van der Waals surface area contributed by atoms with Gasteiger partial charge in [0.15, 0.2) is 0 Å². The normalized spacial score (nSPS) is 14.3. The molecule has 0 aliphatic carbocycles. The molecule has 2 aromatic carbocycles. The molecule has 3 amide bonds. The summed E-state index contributed by atoms with van der Waals surface area (Å²) in [7, 11) is 1.31. The highest BCUT2D eigenvalue weighted by Gasteiger charge is 2.31. The lowest BCUT2D eigenvalue weighted by atomic mass is 10.1. The van der Waals surface area contributed by atoms with Crippen molar-refractivity contribution in [2.75, 3.05) is 13.7 Å². The maximum absolute atomic E-state index is 12.7. The van der Waals surface area contributed by atoms with E-state index in [9.17, 15) is 19.2 Å². The van der Waals surface area contributed by atoms with E-state index >= 15 is 0 Å². The van der Waals surface area contributed by atoms with Gasteiger partial charge >= 0.3 is 5.97 Å². The monoisotopic (exact) mass is 517 g/mol. The van der Waals surface area contributed by atoms with Crippen molar-refractivity contribution in [3.05, 3.63) is 75.1 Å². The van der Waals surface area contributed by atoms with Gasteiger partial charge in [0.25, 0.3) is 11.8 Å². The van der Waals surface area contributed by atoms with Crippen LogP contribution in [-0.4, -0.2) is 46.6 Å². The minimum Gasteiger partial charge on any atom is -0.465 e. The highest BCUT2D eigenvalue weighted by molar-refractivity contribution is 8.26. The summed E-state index contributed by atoms with van der Waals surface area (Å²) in [6, 6.07) is 13.0. The fraction of sp³-hybridized carbons (Fsp3) is 0.174. The van der Waals surface area contributed by atoms with Crippen molar-refractivity contribution in [1.29, 1.82) is 0 Å². The van der Waals surface area contributed by atoms with E-state index in [1.807, 2.05) is 0 Å². The second kappa shape index (κ2) is 11.8. The molecule has 8 nitrogen and oxygen atoms in total. The van der Waals surface area contributed by atoms with Crippen molar-refractivity contribution in [3.8, 4) is 0 Å². The molecule has 2 N–H and O–H groups in total. The number of amides is 3. The predicted octanol–water partition coefficient (Wildman–Crippen LogP) is 3.57. The maximum Gasteiger partial charge on any atom is 0.337 e. The summed E-state index contributed by atoms with van der Waals surface area (Å²) < 4.78 is 5.07. The van der Waals surface area contributed by atoms with E-state index in [4.69, 9.17) is 23.8 Å². The summed E-state index contributed by atoms with van der Waals surface area (Å²) in [6.45, 7) is 0.263. The number of carbonyl (C=O) groups is 4. The molecule has 11 heteroatoms. The lowest BCUT2D eigenvalue weighted by Gasteiger charge is -2.14. The third kappa shape index (κ3) is 6.66. The van der Waals surface area contributed by atoms with E-state index in [0.29, 0.717) is 31.8 Å². The van der Waals surface area contributed by atoms with Crippen LogP contribution >= 0.6 is 35.6 Å². The maximum atomic E-state index is 12.7. The number of esters is 1. The molecule has 34 heavy (non-hydrogen) atoms. The number of carbonyl (C=O) groups excluding carboxylic acids is 4. The molecule has 1 saturated heterocycles. The highest BCUT2D eigenvalue weighted by Crippen LogP contribution is 2.32. The highest BCUT2D eigenvalue weighted by atomic mass is 35.5. The minimum atomic E-state index is -0.488. The summed E-state index contributed by atoms with van der Waals surface area (Å²) in [5.74, 6) is -1.58. The van der Waals surface area contributed by atoms with Crippen molar-refractivity contribution in [2.45, 2.75) is 12.8 Å². The average Bonchev–Trinajstić information content (AvgIpc) is 3.09. The molecule has 1 aliphatic rings. The van der Waals surface area contributed by atoms with Crippen molar-refractivity contribution >= 4 is 69.7 Å². The van der Waals surface area contributed by atoms with Gasteiger partial charge in [0, 0.05) is 23.6 Å². The third-order valence-electron chi connectivity index (χ3n) is 4.69. The first-order chi connectivity index (χ1) is 16.3. The zero-order chi connectivity index (χ0) is 24.7. The molecule has 1 fully saturated rings. The lowest BCUT2D eigenvalue weighted by Crippen LogP contribution is -2.41. The molecule has 176 valence electrons. The summed E-state index contributed by atoms with van der Waals surface area (Å²) in [5.41, 5.74) is 6.13. The van der Waals surface area contributed by atoms with E-state index in [2.05, 4.69) is 15.6 Å². The molecule has 1 heterocycles. The number of thiocarbonyl (C=S) groups is 1. The molecule has 1 aliphatic heterocycles. The van der Waals surface area contributed by atoms with Crippen LogP contribution < -0.4 is 10.9 Å². The Morgan fingerprint density at radius 1 is 1.12 bits per heavy atom. The van der Waals surface area contributed by atoms with Gasteiger partial charge in [-0.3, -0.25) is 30.1 Å². The van der Waals surface area contributed by atoms with Gasteiger partial charge < -0.3 is 4.74 Å². The number of hydrogen-bond acceptors (Lipinski definition) is 7. The first kappa shape index (κ1) is 25.4. The van der Waals surface area contributed by atoms with Crippen LogP contribution in [0.4, 0.5) is 0 Å². The van der Waals surface area contributed by atoms with E-state index in [1.54, 1.807) is 48.5 Å². The van der Waals surface area contributed by atoms with Crippen molar-refractivity contribution in [3.63, 3.8) is 0 Å². The van der Waals surface area contributed by atoms with Crippen LogP contribution in [-0.2, 0) is 14.3 Å². The van der Waals surface area contributed by atoms with Gasteiger partial charge in [0.05, 0.1) is 17.6 Å². The Morgan fingerprint density at radius 2 is 1.85 bits per heavy atom. The fourth-order valence-electron chi connectivity index (χ4n) is 2.97. The lowest BCUT2D eigenvalue weighted by molar-refractivity contribution is -0.124. The van der Waals surface area contributed by atoms with Crippen LogP contribution in [0.3, 0.4) is 0 Å². The molecule has 0 radical (unpaired) electrons. The van der Waals surface area contributed by atoms with Crippen LogP contribution in [0, 0.1) is 0 Å². The summed E-state index contributed by atoms with van der Waals surface area (Å²) in [5, 5.41) is 0.412. The van der Waals surface area contributed by atoms with Crippen LogP contribution in [0.25, 0.3) is 6.08 Å². The molecule has 0 unspecified atom stereocenters. The number of halogens is 1. The molecule has 0 saturated carbocycles. The first-order valence-corrected chi connectivity index (χ1v) is 11.7. The number of benzene rings is 2. The average molecular weight is 518 g/mol. The second-order valence-electron chi connectivity index (χ2n) is 7.06. The summed E-state index contributed by atoms with van der Waals surface area (Å²) >= 11 is 12.3. The first-order valence-electron chi connectivity index (χ1n) is 10.1. The number of hydrazine groups is 1. The van der Waals surface area contributed by atoms with Crippen molar-refractivity contribution in [1.82, 2.24) is 15.8 Å². The van der Waals surface area contributed by atoms with Gasteiger partial charge in [0.1, 0.15) is 4.32 Å².